The van der Waals surface area contributed by atoms with Crippen LogP contribution in [0.2, 0.25) is 0 Å². The van der Waals surface area contributed by atoms with Gasteiger partial charge in [0.05, 0.1) is 12.6 Å². The molecular formula is C14H15NO3. The molecule has 94 valence electrons. The Morgan fingerprint density at radius 2 is 1.94 bits per heavy atom. The van der Waals surface area contributed by atoms with Gasteiger partial charge in [0.1, 0.15) is 5.76 Å². The Morgan fingerprint density at radius 1 is 1.17 bits per heavy atom. The zero-order chi connectivity index (χ0) is 12.8. The first-order valence-electron chi connectivity index (χ1n) is 5.93. The summed E-state index contributed by atoms with van der Waals surface area (Å²) in [6.45, 7) is 0. The number of aryl methyl sites for hydroxylation is 3. The number of hydrogen-bond acceptors (Lipinski definition) is 3. The van der Waals surface area contributed by atoms with Crippen LogP contribution in [0.1, 0.15) is 23.6 Å². The van der Waals surface area contributed by atoms with Crippen LogP contribution >= 0.6 is 0 Å². The topological polar surface area (TPSA) is 63.3 Å². The second kappa shape index (κ2) is 6.00. The van der Waals surface area contributed by atoms with E-state index in [1.165, 1.54) is 5.56 Å². The van der Waals surface area contributed by atoms with Crippen LogP contribution in [-0.4, -0.2) is 16.1 Å². The lowest BCUT2D eigenvalue weighted by molar-refractivity contribution is -0.137. The van der Waals surface area contributed by atoms with Gasteiger partial charge in [-0.3, -0.25) is 4.79 Å². The number of carboxylic acid groups (broad SMARTS) is 1. The van der Waals surface area contributed by atoms with Crippen LogP contribution in [0.15, 0.2) is 40.9 Å². The Kier molecular flexibility index (Phi) is 4.12. The molecule has 4 nitrogen and oxygen atoms in total. The van der Waals surface area contributed by atoms with Gasteiger partial charge in [-0.05, 0) is 12.0 Å². The van der Waals surface area contributed by atoms with Crippen molar-refractivity contribution in [3.8, 4) is 0 Å². The Labute approximate surface area is 105 Å². The van der Waals surface area contributed by atoms with Gasteiger partial charge >= 0.3 is 5.97 Å². The summed E-state index contributed by atoms with van der Waals surface area (Å²) in [7, 11) is 0. The van der Waals surface area contributed by atoms with E-state index in [9.17, 15) is 4.79 Å². The van der Waals surface area contributed by atoms with Crippen molar-refractivity contribution in [2.45, 2.75) is 25.7 Å². The number of nitrogens with zero attached hydrogens (tertiary/aromatic N) is 1. The molecule has 0 fully saturated rings. The minimum absolute atomic E-state index is 0.0767. The Balaban J connectivity index is 1.85. The minimum atomic E-state index is -0.822. The van der Waals surface area contributed by atoms with E-state index < -0.39 is 5.97 Å². The lowest BCUT2D eigenvalue weighted by atomic mass is 10.1. The van der Waals surface area contributed by atoms with Crippen molar-refractivity contribution in [3.05, 3.63) is 53.7 Å². The van der Waals surface area contributed by atoms with Crippen molar-refractivity contribution >= 4 is 5.97 Å². The minimum Gasteiger partial charge on any atom is -0.481 e. The number of hydrogen-bond donors (Lipinski definition) is 1. The molecule has 4 heteroatoms. The van der Waals surface area contributed by atoms with E-state index >= 15 is 0 Å². The number of aromatic nitrogens is 1. The molecule has 0 saturated carbocycles. The van der Waals surface area contributed by atoms with Gasteiger partial charge in [-0.2, -0.15) is 0 Å². The number of aliphatic carboxylic acids is 1. The molecule has 0 saturated heterocycles. The van der Waals surface area contributed by atoms with Crippen LogP contribution in [0.3, 0.4) is 0 Å². The molecule has 1 aromatic heterocycles. The molecule has 0 aliphatic rings. The van der Waals surface area contributed by atoms with Gasteiger partial charge in [-0.1, -0.05) is 30.3 Å². The van der Waals surface area contributed by atoms with Crippen molar-refractivity contribution in [1.29, 1.82) is 0 Å². The lowest BCUT2D eigenvalue weighted by Gasteiger charge is -1.97. The smallest absolute Gasteiger partial charge is 0.303 e. The van der Waals surface area contributed by atoms with Crippen molar-refractivity contribution < 1.29 is 14.3 Å². The Morgan fingerprint density at radius 3 is 2.67 bits per heavy atom. The van der Waals surface area contributed by atoms with Gasteiger partial charge in [0.15, 0.2) is 5.89 Å². The molecular weight excluding hydrogens is 230 g/mol. The van der Waals surface area contributed by atoms with Gasteiger partial charge in [-0.25, -0.2) is 4.98 Å². The average Bonchev–Trinajstić information content (AvgIpc) is 2.83. The monoisotopic (exact) mass is 245 g/mol. The van der Waals surface area contributed by atoms with E-state index in [1.807, 2.05) is 18.2 Å². The predicted octanol–water partition coefficient (Wildman–Crippen LogP) is 2.48. The molecule has 1 heterocycles. The maximum absolute atomic E-state index is 10.4. The predicted molar refractivity (Wildman–Crippen MR) is 66.3 cm³/mol. The third-order valence-corrected chi connectivity index (χ3v) is 2.66. The SMILES string of the molecule is O=C(O)CCc1cnc(CCc2ccccc2)o1. The Bertz CT molecular complexity index is 505. The second-order valence-electron chi connectivity index (χ2n) is 4.10. The normalized spacial score (nSPS) is 10.4. The third-order valence-electron chi connectivity index (χ3n) is 2.66. The molecule has 2 rings (SSSR count). The van der Waals surface area contributed by atoms with Gasteiger partial charge in [0, 0.05) is 12.8 Å². The number of rotatable bonds is 6. The standard InChI is InChI=1S/C14H15NO3/c16-14(17)9-7-12-10-15-13(18-12)8-6-11-4-2-1-3-5-11/h1-5,10H,6-9H2,(H,16,17). The van der Waals surface area contributed by atoms with E-state index in [0.717, 1.165) is 12.8 Å². The fraction of sp³-hybridized carbons (Fsp3) is 0.286. The van der Waals surface area contributed by atoms with Crippen LogP contribution in [0.25, 0.3) is 0 Å². The van der Waals surface area contributed by atoms with Crippen LogP contribution in [0, 0.1) is 0 Å². The van der Waals surface area contributed by atoms with Crippen molar-refractivity contribution in [2.75, 3.05) is 0 Å². The summed E-state index contributed by atoms with van der Waals surface area (Å²) < 4.78 is 5.48. The molecule has 0 radical (unpaired) electrons. The maximum Gasteiger partial charge on any atom is 0.303 e. The van der Waals surface area contributed by atoms with E-state index in [2.05, 4.69) is 17.1 Å². The molecule has 0 bridgehead atoms. The summed E-state index contributed by atoms with van der Waals surface area (Å²) >= 11 is 0. The van der Waals surface area contributed by atoms with Crippen molar-refractivity contribution in [1.82, 2.24) is 4.98 Å². The molecule has 18 heavy (non-hydrogen) atoms. The lowest BCUT2D eigenvalue weighted by Crippen LogP contribution is -1.96. The summed E-state index contributed by atoms with van der Waals surface area (Å²) in [5.41, 5.74) is 1.24. The van der Waals surface area contributed by atoms with Crippen LogP contribution in [-0.2, 0) is 24.1 Å². The van der Waals surface area contributed by atoms with Gasteiger partial charge in [0.25, 0.3) is 0 Å². The molecule has 0 amide bonds. The van der Waals surface area contributed by atoms with Crippen molar-refractivity contribution in [3.63, 3.8) is 0 Å². The van der Waals surface area contributed by atoms with Crippen molar-refractivity contribution in [2.24, 2.45) is 0 Å². The number of carboxylic acids is 1. The van der Waals surface area contributed by atoms with Gasteiger partial charge in [-0.15, -0.1) is 0 Å². The zero-order valence-corrected chi connectivity index (χ0v) is 10.0. The highest BCUT2D eigenvalue weighted by Gasteiger charge is 2.06. The highest BCUT2D eigenvalue weighted by atomic mass is 16.4. The molecule has 1 aromatic carbocycles. The molecule has 2 aromatic rings. The number of oxazole rings is 1. The second-order valence-corrected chi connectivity index (χ2v) is 4.10. The van der Waals surface area contributed by atoms with Crippen LogP contribution < -0.4 is 0 Å². The molecule has 0 aliphatic heterocycles. The summed E-state index contributed by atoms with van der Waals surface area (Å²) in [6.07, 6.45) is 3.70. The first-order chi connectivity index (χ1) is 8.74. The van der Waals surface area contributed by atoms with E-state index in [-0.39, 0.29) is 6.42 Å². The summed E-state index contributed by atoms with van der Waals surface area (Å²) in [4.78, 5) is 14.6. The fourth-order valence-electron chi connectivity index (χ4n) is 1.71. The first kappa shape index (κ1) is 12.4. The first-order valence-corrected chi connectivity index (χ1v) is 5.93. The van der Waals surface area contributed by atoms with E-state index in [0.29, 0.717) is 18.1 Å². The van der Waals surface area contributed by atoms with Gasteiger partial charge < -0.3 is 9.52 Å². The number of carbonyl (C=O) groups is 1. The quantitative estimate of drug-likeness (QED) is 0.849. The molecule has 0 atom stereocenters. The number of benzene rings is 1. The van der Waals surface area contributed by atoms with Crippen LogP contribution in [0.4, 0.5) is 0 Å². The molecule has 1 N–H and O–H groups in total. The Hall–Kier alpha value is -2.10. The average molecular weight is 245 g/mol. The molecule has 0 unspecified atom stereocenters. The maximum atomic E-state index is 10.4. The molecule has 0 aliphatic carbocycles. The zero-order valence-electron chi connectivity index (χ0n) is 10.0. The largest absolute Gasteiger partial charge is 0.481 e. The summed E-state index contributed by atoms with van der Waals surface area (Å²) in [5.74, 6) is 0.483. The summed E-state index contributed by atoms with van der Waals surface area (Å²) in [6, 6.07) is 10.1. The summed E-state index contributed by atoms with van der Waals surface area (Å²) in [5, 5.41) is 8.57. The highest BCUT2D eigenvalue weighted by Crippen LogP contribution is 2.10. The van der Waals surface area contributed by atoms with E-state index in [4.69, 9.17) is 9.52 Å². The highest BCUT2D eigenvalue weighted by molar-refractivity contribution is 5.66. The third kappa shape index (κ3) is 3.73. The van der Waals surface area contributed by atoms with Crippen LogP contribution in [0.5, 0.6) is 0 Å². The molecule has 0 spiro atoms. The fourth-order valence-corrected chi connectivity index (χ4v) is 1.71. The van der Waals surface area contributed by atoms with Gasteiger partial charge in [0.2, 0.25) is 0 Å². The van der Waals surface area contributed by atoms with E-state index in [1.54, 1.807) is 6.20 Å².